The minimum atomic E-state index is 0.275. The normalized spacial score (nSPS) is 15.0. The lowest BCUT2D eigenvalue weighted by atomic mass is 9.94. The van der Waals surface area contributed by atoms with Crippen LogP contribution in [0.1, 0.15) is 47.2 Å². The highest BCUT2D eigenvalue weighted by molar-refractivity contribution is 9.10. The minimum absolute atomic E-state index is 0.275. The summed E-state index contributed by atoms with van der Waals surface area (Å²) in [6, 6.07) is 14.0. The predicted molar refractivity (Wildman–Crippen MR) is 92.9 cm³/mol. The van der Waals surface area contributed by atoms with Crippen LogP contribution in [0.5, 0.6) is 0 Å². The van der Waals surface area contributed by atoms with Crippen LogP contribution in [0.2, 0.25) is 0 Å². The van der Waals surface area contributed by atoms with Gasteiger partial charge in [-0.05, 0) is 72.7 Å². The maximum atomic E-state index is 3.64. The molecule has 0 aliphatic heterocycles. The molecule has 2 aromatic carbocycles. The Hall–Kier alpha value is -1.12. The van der Waals surface area contributed by atoms with E-state index >= 15 is 0 Å². The maximum Gasteiger partial charge on any atom is 0.0577 e. The lowest BCUT2D eigenvalue weighted by molar-refractivity contribution is 0.629. The van der Waals surface area contributed by atoms with E-state index in [1.807, 2.05) is 0 Å². The van der Waals surface area contributed by atoms with Crippen molar-refractivity contribution >= 4 is 15.9 Å². The van der Waals surface area contributed by atoms with Gasteiger partial charge in [0.05, 0.1) is 6.04 Å². The molecule has 0 amide bonds. The summed E-state index contributed by atoms with van der Waals surface area (Å²) in [4.78, 5) is 0. The third kappa shape index (κ3) is 3.22. The molecule has 1 nitrogen and oxygen atoms in total. The molecule has 0 aromatic heterocycles. The Kier molecular flexibility index (Phi) is 4.46. The van der Waals surface area contributed by atoms with E-state index in [9.17, 15) is 0 Å². The quantitative estimate of drug-likeness (QED) is 0.828. The van der Waals surface area contributed by atoms with E-state index < -0.39 is 0 Å². The van der Waals surface area contributed by atoms with Gasteiger partial charge in [0.25, 0.3) is 0 Å². The molecular formula is C19H22BrN. The number of rotatable bonds is 4. The third-order valence-corrected chi connectivity index (χ3v) is 4.72. The molecule has 0 radical (unpaired) electrons. The monoisotopic (exact) mass is 343 g/mol. The van der Waals surface area contributed by atoms with Crippen molar-refractivity contribution in [2.45, 2.75) is 39.2 Å². The van der Waals surface area contributed by atoms with Crippen LogP contribution in [0, 0.1) is 6.92 Å². The average Bonchev–Trinajstić information content (AvgIpc) is 2.91. The van der Waals surface area contributed by atoms with E-state index in [4.69, 9.17) is 0 Å². The fourth-order valence-electron chi connectivity index (χ4n) is 3.33. The molecule has 1 atom stereocenters. The zero-order valence-electron chi connectivity index (χ0n) is 12.7. The van der Waals surface area contributed by atoms with Crippen LogP contribution in [-0.4, -0.2) is 6.54 Å². The highest BCUT2D eigenvalue weighted by Crippen LogP contribution is 2.30. The molecule has 0 saturated carbocycles. The van der Waals surface area contributed by atoms with Gasteiger partial charge in [0.2, 0.25) is 0 Å². The van der Waals surface area contributed by atoms with E-state index in [-0.39, 0.29) is 6.04 Å². The molecule has 1 aliphatic rings. The molecule has 21 heavy (non-hydrogen) atoms. The van der Waals surface area contributed by atoms with Gasteiger partial charge < -0.3 is 5.32 Å². The van der Waals surface area contributed by atoms with Gasteiger partial charge in [0.15, 0.2) is 0 Å². The molecule has 1 aliphatic carbocycles. The molecule has 2 aromatic rings. The molecule has 0 bridgehead atoms. The van der Waals surface area contributed by atoms with E-state index in [0.29, 0.717) is 0 Å². The molecule has 0 spiro atoms. The lowest BCUT2D eigenvalue weighted by Gasteiger charge is -2.21. The Labute approximate surface area is 135 Å². The van der Waals surface area contributed by atoms with Gasteiger partial charge in [0, 0.05) is 4.47 Å². The molecule has 1 unspecified atom stereocenters. The van der Waals surface area contributed by atoms with Crippen molar-refractivity contribution in [2.75, 3.05) is 6.54 Å². The van der Waals surface area contributed by atoms with Crippen LogP contribution in [0.3, 0.4) is 0 Å². The number of hydrogen-bond acceptors (Lipinski definition) is 1. The van der Waals surface area contributed by atoms with Gasteiger partial charge in [-0.2, -0.15) is 0 Å². The van der Waals surface area contributed by atoms with Crippen LogP contribution in [0.4, 0.5) is 0 Å². The lowest BCUT2D eigenvalue weighted by Crippen LogP contribution is -2.22. The van der Waals surface area contributed by atoms with Crippen LogP contribution in [0.25, 0.3) is 0 Å². The first-order valence-electron chi connectivity index (χ1n) is 7.79. The van der Waals surface area contributed by atoms with Crippen LogP contribution < -0.4 is 5.32 Å². The number of halogens is 1. The van der Waals surface area contributed by atoms with E-state index in [2.05, 4.69) is 71.5 Å². The average molecular weight is 344 g/mol. The zero-order valence-corrected chi connectivity index (χ0v) is 14.3. The topological polar surface area (TPSA) is 12.0 Å². The van der Waals surface area contributed by atoms with E-state index in [0.717, 1.165) is 11.0 Å². The van der Waals surface area contributed by atoms with Gasteiger partial charge in [-0.3, -0.25) is 0 Å². The largest absolute Gasteiger partial charge is 0.307 e. The third-order valence-electron chi connectivity index (χ3n) is 4.26. The minimum Gasteiger partial charge on any atom is -0.307 e. The number of aryl methyl sites for hydroxylation is 3. The van der Waals surface area contributed by atoms with Gasteiger partial charge in [-0.1, -0.05) is 47.1 Å². The Bertz CT molecular complexity index is 628. The SMILES string of the molecule is CCNC(c1cc(C)cc(Br)c1)c1ccc2c(c1)CCC2. The summed E-state index contributed by atoms with van der Waals surface area (Å²) in [6.45, 7) is 5.29. The van der Waals surface area contributed by atoms with Crippen molar-refractivity contribution < 1.29 is 0 Å². The highest BCUT2D eigenvalue weighted by atomic mass is 79.9. The molecule has 1 N–H and O–H groups in total. The van der Waals surface area contributed by atoms with Crippen LogP contribution >= 0.6 is 15.9 Å². The van der Waals surface area contributed by atoms with Crippen molar-refractivity contribution in [1.82, 2.24) is 5.32 Å². The second-order valence-electron chi connectivity index (χ2n) is 5.93. The number of fused-ring (bicyclic) bond motifs is 1. The second-order valence-corrected chi connectivity index (χ2v) is 6.85. The molecule has 110 valence electrons. The van der Waals surface area contributed by atoms with Crippen LogP contribution in [-0.2, 0) is 12.8 Å². The van der Waals surface area contributed by atoms with E-state index in [1.165, 1.54) is 36.0 Å². The zero-order chi connectivity index (χ0) is 14.8. The first-order chi connectivity index (χ1) is 10.2. The van der Waals surface area contributed by atoms with Gasteiger partial charge >= 0.3 is 0 Å². The number of hydrogen-bond donors (Lipinski definition) is 1. The van der Waals surface area contributed by atoms with Crippen LogP contribution in [0.15, 0.2) is 40.9 Å². The molecule has 0 heterocycles. The molecular weight excluding hydrogens is 322 g/mol. The molecule has 3 rings (SSSR count). The summed E-state index contributed by atoms with van der Waals surface area (Å²) in [5, 5.41) is 3.64. The van der Waals surface area contributed by atoms with Crippen molar-refractivity contribution in [2.24, 2.45) is 0 Å². The summed E-state index contributed by atoms with van der Waals surface area (Å²) in [5.41, 5.74) is 7.10. The number of nitrogens with one attached hydrogen (secondary N) is 1. The smallest absolute Gasteiger partial charge is 0.0577 e. The van der Waals surface area contributed by atoms with Crippen molar-refractivity contribution in [3.63, 3.8) is 0 Å². The first-order valence-corrected chi connectivity index (χ1v) is 8.59. The fraction of sp³-hybridized carbons (Fsp3) is 0.368. The van der Waals surface area contributed by atoms with Crippen molar-refractivity contribution in [3.05, 3.63) is 68.7 Å². The fourth-order valence-corrected chi connectivity index (χ4v) is 3.96. The Morgan fingerprint density at radius 3 is 2.62 bits per heavy atom. The maximum absolute atomic E-state index is 3.64. The van der Waals surface area contributed by atoms with E-state index in [1.54, 1.807) is 11.1 Å². The number of benzene rings is 2. The molecule has 2 heteroatoms. The summed E-state index contributed by atoms with van der Waals surface area (Å²) in [7, 11) is 0. The summed E-state index contributed by atoms with van der Waals surface area (Å²) in [6.07, 6.45) is 3.79. The molecule has 0 fully saturated rings. The second kappa shape index (κ2) is 6.33. The van der Waals surface area contributed by atoms with Gasteiger partial charge in [-0.25, -0.2) is 0 Å². The predicted octanol–water partition coefficient (Wildman–Crippen LogP) is 4.95. The first kappa shape index (κ1) is 14.8. The van der Waals surface area contributed by atoms with Crippen molar-refractivity contribution in [3.8, 4) is 0 Å². The van der Waals surface area contributed by atoms with Gasteiger partial charge in [0.1, 0.15) is 0 Å². The van der Waals surface area contributed by atoms with Gasteiger partial charge in [-0.15, -0.1) is 0 Å². The van der Waals surface area contributed by atoms with Crippen molar-refractivity contribution in [1.29, 1.82) is 0 Å². The Morgan fingerprint density at radius 1 is 1.05 bits per heavy atom. The Morgan fingerprint density at radius 2 is 1.86 bits per heavy atom. The standard InChI is InChI=1S/C19H22BrN/c1-3-21-19(17-9-13(2)10-18(20)12-17)16-8-7-14-5-4-6-15(14)11-16/h7-12,19,21H,3-6H2,1-2H3. The Balaban J connectivity index is 2.01. The summed E-state index contributed by atoms with van der Waals surface area (Å²) >= 11 is 3.63. The summed E-state index contributed by atoms with van der Waals surface area (Å²) < 4.78 is 1.15. The summed E-state index contributed by atoms with van der Waals surface area (Å²) in [5.74, 6) is 0. The molecule has 0 saturated heterocycles. The highest BCUT2D eigenvalue weighted by Gasteiger charge is 2.17.